The van der Waals surface area contributed by atoms with Crippen molar-refractivity contribution in [3.8, 4) is 11.5 Å². The van der Waals surface area contributed by atoms with Crippen LogP contribution in [-0.4, -0.2) is 41.8 Å². The molecule has 136 valence electrons. The van der Waals surface area contributed by atoms with E-state index < -0.39 is 17.8 Å². The fraction of sp³-hybridized carbons (Fsp3) is 0.154. The number of carboxylic acids is 1. The third-order valence-corrected chi connectivity index (χ3v) is 6.05. The zero-order valence-electron chi connectivity index (χ0n) is 12.4. The van der Waals surface area contributed by atoms with Gasteiger partial charge in [0.15, 0.2) is 27.9 Å². The van der Waals surface area contributed by atoms with Gasteiger partial charge in [0.25, 0.3) is 5.91 Å². The fourth-order valence-electron chi connectivity index (χ4n) is 1.32. The molecule has 0 aliphatic carbocycles. The standard InChI is InChI=1S/C7H6BrNO4S.C6H5BrO3S/c8-3-2-14-6(7(11)12)5(3)13-1-4(9)10;1-10-6(9)5-4(8)3(7)2-11-5/h2H,1H2,(H2,9,10)(H,11,12);2,8H,1H3. The summed E-state index contributed by atoms with van der Waals surface area (Å²) in [6.07, 6.45) is 0. The van der Waals surface area contributed by atoms with E-state index in [1.165, 1.54) is 7.11 Å². The number of carboxylic acid groups (broad SMARTS) is 1. The van der Waals surface area contributed by atoms with Crippen molar-refractivity contribution >= 4 is 72.4 Å². The molecule has 0 unspecified atom stereocenters. The highest BCUT2D eigenvalue weighted by Crippen LogP contribution is 2.35. The van der Waals surface area contributed by atoms with Gasteiger partial charge in [0.2, 0.25) is 0 Å². The van der Waals surface area contributed by atoms with Crippen LogP contribution in [0.4, 0.5) is 0 Å². The molecular formula is C13H11Br2NO7S2. The molecule has 12 heteroatoms. The molecule has 0 saturated heterocycles. The van der Waals surface area contributed by atoms with Crippen LogP contribution in [0.1, 0.15) is 19.3 Å². The molecule has 2 aromatic heterocycles. The minimum atomic E-state index is -1.10. The minimum Gasteiger partial charge on any atom is -0.505 e. The molecule has 2 heterocycles. The molecule has 2 aromatic rings. The Morgan fingerprint density at radius 2 is 1.72 bits per heavy atom. The predicted octanol–water partition coefficient (Wildman–Crippen LogP) is 3.08. The first-order valence-corrected chi connectivity index (χ1v) is 9.49. The number of esters is 1. The van der Waals surface area contributed by atoms with E-state index in [9.17, 15) is 19.5 Å². The fourth-order valence-corrected chi connectivity index (χ4v) is 4.09. The molecule has 25 heavy (non-hydrogen) atoms. The third-order valence-electron chi connectivity index (χ3n) is 2.35. The van der Waals surface area contributed by atoms with Gasteiger partial charge in [-0.15, -0.1) is 22.7 Å². The molecule has 0 saturated carbocycles. The highest BCUT2D eigenvalue weighted by atomic mass is 79.9. The van der Waals surface area contributed by atoms with Gasteiger partial charge in [0.1, 0.15) is 0 Å². The number of nitrogens with two attached hydrogens (primary N) is 1. The second kappa shape index (κ2) is 9.75. The van der Waals surface area contributed by atoms with Crippen LogP contribution < -0.4 is 10.5 Å². The molecule has 4 N–H and O–H groups in total. The molecule has 0 aliphatic heterocycles. The van der Waals surface area contributed by atoms with Gasteiger partial charge in [-0.25, -0.2) is 9.59 Å². The molecule has 0 atom stereocenters. The minimum absolute atomic E-state index is 0.0399. The van der Waals surface area contributed by atoms with Gasteiger partial charge in [-0.1, -0.05) is 0 Å². The van der Waals surface area contributed by atoms with E-state index >= 15 is 0 Å². The summed E-state index contributed by atoms with van der Waals surface area (Å²) in [4.78, 5) is 32.2. The Labute approximate surface area is 166 Å². The lowest BCUT2D eigenvalue weighted by molar-refractivity contribution is -0.119. The number of aromatic carboxylic acids is 1. The number of primary amides is 1. The number of halogens is 2. The number of rotatable bonds is 5. The summed E-state index contributed by atoms with van der Waals surface area (Å²) in [5.74, 6) is -2.18. The van der Waals surface area contributed by atoms with E-state index in [0.29, 0.717) is 8.95 Å². The number of amides is 1. The zero-order valence-corrected chi connectivity index (χ0v) is 17.3. The van der Waals surface area contributed by atoms with Gasteiger partial charge in [-0.3, -0.25) is 4.79 Å². The monoisotopic (exact) mass is 515 g/mol. The summed E-state index contributed by atoms with van der Waals surface area (Å²) >= 11 is 8.32. The number of hydrogen-bond donors (Lipinski definition) is 3. The van der Waals surface area contributed by atoms with Crippen LogP contribution in [0.5, 0.6) is 11.5 Å². The van der Waals surface area contributed by atoms with Crippen molar-refractivity contribution < 1.29 is 34.1 Å². The second-order valence-corrected chi connectivity index (χ2v) is 7.52. The quantitative estimate of drug-likeness (QED) is 0.519. The molecule has 0 fully saturated rings. The van der Waals surface area contributed by atoms with E-state index in [2.05, 4.69) is 36.6 Å². The Morgan fingerprint density at radius 1 is 1.16 bits per heavy atom. The van der Waals surface area contributed by atoms with E-state index in [4.69, 9.17) is 15.6 Å². The van der Waals surface area contributed by atoms with Crippen molar-refractivity contribution in [2.45, 2.75) is 0 Å². The number of ether oxygens (including phenoxy) is 2. The smallest absolute Gasteiger partial charge is 0.351 e. The third kappa shape index (κ3) is 5.99. The van der Waals surface area contributed by atoms with Crippen LogP contribution in [0.15, 0.2) is 19.7 Å². The molecule has 0 spiro atoms. The Kier molecular flexibility index (Phi) is 8.35. The normalized spacial score (nSPS) is 9.72. The van der Waals surface area contributed by atoms with Gasteiger partial charge in [-0.2, -0.15) is 0 Å². The van der Waals surface area contributed by atoms with Crippen molar-refractivity contribution in [3.05, 3.63) is 29.5 Å². The van der Waals surface area contributed by atoms with Crippen molar-refractivity contribution in [1.82, 2.24) is 0 Å². The summed E-state index contributed by atoms with van der Waals surface area (Å²) in [7, 11) is 1.27. The van der Waals surface area contributed by atoms with Crippen molar-refractivity contribution in [2.75, 3.05) is 13.7 Å². The molecule has 0 radical (unpaired) electrons. The van der Waals surface area contributed by atoms with E-state index in [1.54, 1.807) is 10.8 Å². The van der Waals surface area contributed by atoms with Crippen LogP contribution in [0.3, 0.4) is 0 Å². The summed E-state index contributed by atoms with van der Waals surface area (Å²) < 4.78 is 10.4. The molecule has 1 amide bonds. The van der Waals surface area contributed by atoms with Gasteiger partial charge in [-0.05, 0) is 31.9 Å². The lowest BCUT2D eigenvalue weighted by atomic mass is 10.4. The zero-order chi connectivity index (χ0) is 19.1. The first-order valence-electron chi connectivity index (χ1n) is 6.14. The SMILES string of the molecule is COC(=O)c1scc(Br)c1O.NC(=O)COc1c(Br)csc1C(=O)O. The molecule has 2 rings (SSSR count). The molecule has 0 bridgehead atoms. The lowest BCUT2D eigenvalue weighted by Gasteiger charge is -2.02. The van der Waals surface area contributed by atoms with Crippen LogP contribution >= 0.6 is 54.5 Å². The number of aromatic hydroxyl groups is 1. The van der Waals surface area contributed by atoms with Gasteiger partial charge < -0.3 is 25.4 Å². The average Bonchev–Trinajstić information content (AvgIpc) is 3.09. The number of carbonyl (C=O) groups excluding carboxylic acids is 2. The molecule has 0 aromatic carbocycles. The van der Waals surface area contributed by atoms with Crippen LogP contribution in [0, 0.1) is 0 Å². The first-order chi connectivity index (χ1) is 11.7. The Hall–Kier alpha value is -1.63. The van der Waals surface area contributed by atoms with E-state index in [1.807, 2.05) is 0 Å². The Balaban J connectivity index is 0.000000257. The average molecular weight is 517 g/mol. The van der Waals surface area contributed by atoms with Crippen LogP contribution in [0.25, 0.3) is 0 Å². The number of hydrogen-bond acceptors (Lipinski definition) is 8. The van der Waals surface area contributed by atoms with Gasteiger partial charge >= 0.3 is 11.9 Å². The van der Waals surface area contributed by atoms with Gasteiger partial charge in [0, 0.05) is 10.8 Å². The molecular weight excluding hydrogens is 506 g/mol. The summed E-state index contributed by atoms with van der Waals surface area (Å²) in [5, 5.41) is 21.1. The first kappa shape index (κ1) is 21.4. The largest absolute Gasteiger partial charge is 0.505 e. The Morgan fingerprint density at radius 3 is 2.16 bits per heavy atom. The number of methoxy groups -OCH3 is 1. The highest BCUT2D eigenvalue weighted by molar-refractivity contribution is 9.11. The molecule has 8 nitrogen and oxygen atoms in total. The summed E-state index contributed by atoms with van der Waals surface area (Å²) in [6, 6.07) is 0. The van der Waals surface area contributed by atoms with Crippen molar-refractivity contribution in [2.24, 2.45) is 5.73 Å². The summed E-state index contributed by atoms with van der Waals surface area (Å²) in [5.41, 5.74) is 4.86. The highest BCUT2D eigenvalue weighted by Gasteiger charge is 2.18. The van der Waals surface area contributed by atoms with Crippen LogP contribution in [-0.2, 0) is 9.53 Å². The summed E-state index contributed by atoms with van der Waals surface area (Å²) in [6.45, 7) is -0.338. The number of thiophene rings is 2. The predicted molar refractivity (Wildman–Crippen MR) is 98.7 cm³/mol. The van der Waals surface area contributed by atoms with Crippen LogP contribution in [0.2, 0.25) is 0 Å². The van der Waals surface area contributed by atoms with E-state index in [0.717, 1.165) is 22.7 Å². The maximum atomic E-state index is 10.9. The lowest BCUT2D eigenvalue weighted by Crippen LogP contribution is -2.20. The van der Waals surface area contributed by atoms with E-state index in [-0.39, 0.29) is 27.9 Å². The molecule has 0 aliphatic rings. The maximum Gasteiger partial charge on any atom is 0.351 e. The number of carbonyl (C=O) groups is 3. The topological polar surface area (TPSA) is 136 Å². The Bertz CT molecular complexity index is 787. The van der Waals surface area contributed by atoms with Crippen molar-refractivity contribution in [1.29, 1.82) is 0 Å². The van der Waals surface area contributed by atoms with Gasteiger partial charge in [0.05, 0.1) is 16.1 Å². The second-order valence-electron chi connectivity index (χ2n) is 4.05. The maximum absolute atomic E-state index is 10.9. The van der Waals surface area contributed by atoms with Crippen molar-refractivity contribution in [3.63, 3.8) is 0 Å².